The van der Waals surface area contributed by atoms with E-state index < -0.39 is 11.8 Å². The molecule has 0 radical (unpaired) electrons. The number of hydrogen-bond acceptors (Lipinski definition) is 8. The van der Waals surface area contributed by atoms with Crippen molar-refractivity contribution in [2.75, 3.05) is 6.79 Å². The monoisotopic (exact) mass is 434 g/mol. The number of nitrogens with zero attached hydrogens (tertiary/aromatic N) is 2. The fraction of sp³-hybridized carbons (Fsp3) is 0.182. The molecular formula is C22H18N4O6. The third-order valence-corrected chi connectivity index (χ3v) is 5.10. The fourth-order valence-corrected chi connectivity index (χ4v) is 3.59. The van der Waals surface area contributed by atoms with E-state index in [1.165, 1.54) is 0 Å². The summed E-state index contributed by atoms with van der Waals surface area (Å²) in [6.07, 6.45) is 0. The molecule has 0 bridgehead atoms. The fourth-order valence-electron chi connectivity index (χ4n) is 3.59. The Hall–Kier alpha value is -4.34. The summed E-state index contributed by atoms with van der Waals surface area (Å²) in [5.74, 6) is 1.35. The summed E-state index contributed by atoms with van der Waals surface area (Å²) in [5, 5.41) is 4.38. The number of amides is 2. The van der Waals surface area contributed by atoms with Gasteiger partial charge in [0.05, 0.1) is 22.3 Å². The normalized spacial score (nSPS) is 12.2. The first-order valence-electron chi connectivity index (χ1n) is 9.75. The number of hydrazine groups is 1. The summed E-state index contributed by atoms with van der Waals surface area (Å²) >= 11 is 0. The van der Waals surface area contributed by atoms with Gasteiger partial charge in [-0.3, -0.25) is 20.4 Å². The van der Waals surface area contributed by atoms with Gasteiger partial charge in [0, 0.05) is 11.1 Å². The molecule has 0 fully saturated rings. The molecule has 4 heterocycles. The van der Waals surface area contributed by atoms with E-state index in [4.69, 9.17) is 18.4 Å². The highest BCUT2D eigenvalue weighted by Gasteiger charge is 2.22. The average Bonchev–Trinajstić information content (AvgIpc) is 3.49. The summed E-state index contributed by atoms with van der Waals surface area (Å²) < 4.78 is 21.4. The Morgan fingerprint density at radius 1 is 0.969 bits per heavy atom. The minimum Gasteiger partial charge on any atom is -0.466 e. The number of carbonyl (C=O) groups excluding carboxylic acids is 2. The molecule has 0 aliphatic carbocycles. The maximum Gasteiger partial charge on any atom is 0.270 e. The Morgan fingerprint density at radius 2 is 1.75 bits per heavy atom. The van der Waals surface area contributed by atoms with Gasteiger partial charge >= 0.3 is 0 Å². The first-order valence-corrected chi connectivity index (χ1v) is 9.75. The number of hydrogen-bond donors (Lipinski definition) is 2. The van der Waals surface area contributed by atoms with Crippen LogP contribution in [-0.2, 0) is 0 Å². The third kappa shape index (κ3) is 3.31. The number of carbonyl (C=O) groups is 2. The molecule has 10 nitrogen and oxygen atoms in total. The number of ether oxygens (including phenoxy) is 2. The van der Waals surface area contributed by atoms with Gasteiger partial charge in [-0.05, 0) is 51.1 Å². The number of benzene rings is 1. The van der Waals surface area contributed by atoms with E-state index in [1.54, 1.807) is 31.2 Å². The van der Waals surface area contributed by atoms with Gasteiger partial charge in [0.15, 0.2) is 11.5 Å². The van der Waals surface area contributed by atoms with Gasteiger partial charge in [0.1, 0.15) is 11.5 Å². The largest absolute Gasteiger partial charge is 0.466 e. The van der Waals surface area contributed by atoms with Gasteiger partial charge in [0.25, 0.3) is 17.5 Å². The Morgan fingerprint density at radius 3 is 2.53 bits per heavy atom. The van der Waals surface area contributed by atoms with Crippen LogP contribution in [-0.4, -0.2) is 28.7 Å². The van der Waals surface area contributed by atoms with Crippen molar-refractivity contribution < 1.29 is 28.0 Å². The van der Waals surface area contributed by atoms with Crippen molar-refractivity contribution >= 4 is 22.9 Å². The van der Waals surface area contributed by atoms with Gasteiger partial charge in [-0.25, -0.2) is 4.98 Å². The van der Waals surface area contributed by atoms with Crippen molar-refractivity contribution in [2.45, 2.75) is 20.8 Å². The zero-order valence-corrected chi connectivity index (χ0v) is 17.4. The zero-order valence-electron chi connectivity index (χ0n) is 17.4. The van der Waals surface area contributed by atoms with Crippen LogP contribution in [0.15, 0.2) is 39.3 Å². The van der Waals surface area contributed by atoms with Crippen molar-refractivity contribution in [3.63, 3.8) is 0 Å². The van der Waals surface area contributed by atoms with E-state index in [0.717, 1.165) is 11.3 Å². The number of aryl methyl sites for hydroxylation is 3. The highest BCUT2D eigenvalue weighted by molar-refractivity contribution is 6.08. The second kappa shape index (κ2) is 7.41. The summed E-state index contributed by atoms with van der Waals surface area (Å²) in [5.41, 5.74) is 7.37. The van der Waals surface area contributed by atoms with Crippen molar-refractivity contribution in [2.24, 2.45) is 0 Å². The minimum absolute atomic E-state index is 0.102. The van der Waals surface area contributed by atoms with E-state index in [-0.39, 0.29) is 18.1 Å². The van der Waals surface area contributed by atoms with Crippen LogP contribution in [0.2, 0.25) is 0 Å². The molecule has 3 aromatic heterocycles. The maximum atomic E-state index is 13.0. The van der Waals surface area contributed by atoms with E-state index in [9.17, 15) is 9.59 Å². The average molecular weight is 434 g/mol. The van der Waals surface area contributed by atoms with Gasteiger partial charge in [-0.2, -0.15) is 0 Å². The Labute approximate surface area is 181 Å². The molecule has 1 aliphatic heterocycles. The van der Waals surface area contributed by atoms with Crippen LogP contribution in [0, 0.1) is 20.8 Å². The molecular weight excluding hydrogens is 416 g/mol. The molecule has 2 amide bonds. The molecule has 5 rings (SSSR count). The highest BCUT2D eigenvalue weighted by Crippen LogP contribution is 2.33. The second-order valence-electron chi connectivity index (χ2n) is 7.31. The summed E-state index contributed by atoms with van der Waals surface area (Å²) in [6, 6.07) is 8.20. The number of fused-ring (bicyclic) bond motifs is 2. The molecule has 1 aromatic carbocycles. The van der Waals surface area contributed by atoms with E-state index in [0.29, 0.717) is 39.6 Å². The molecule has 10 heteroatoms. The van der Waals surface area contributed by atoms with Crippen molar-refractivity contribution in [3.05, 3.63) is 58.7 Å². The number of aromatic nitrogens is 2. The molecule has 1 aliphatic rings. The number of rotatable bonds is 3. The Bertz CT molecular complexity index is 1390. The quantitative estimate of drug-likeness (QED) is 0.470. The minimum atomic E-state index is -0.545. The molecule has 32 heavy (non-hydrogen) atoms. The lowest BCUT2D eigenvalue weighted by Gasteiger charge is -2.10. The Kier molecular flexibility index (Phi) is 4.54. The van der Waals surface area contributed by atoms with Crippen LogP contribution in [0.5, 0.6) is 11.5 Å². The van der Waals surface area contributed by atoms with E-state index in [1.807, 2.05) is 19.9 Å². The second-order valence-corrected chi connectivity index (χ2v) is 7.31. The van der Waals surface area contributed by atoms with Crippen LogP contribution >= 0.6 is 0 Å². The summed E-state index contributed by atoms with van der Waals surface area (Å²) in [6.45, 7) is 5.45. The van der Waals surface area contributed by atoms with E-state index in [2.05, 4.69) is 21.0 Å². The number of pyridine rings is 1. The van der Waals surface area contributed by atoms with E-state index >= 15 is 0 Å². The van der Waals surface area contributed by atoms with Gasteiger partial charge in [-0.1, -0.05) is 5.16 Å². The first kappa shape index (κ1) is 19.6. The van der Waals surface area contributed by atoms with Gasteiger partial charge < -0.3 is 18.4 Å². The standard InChI is InChI=1S/C22H18N4O6/c1-10-6-14(12(3)31-10)16-8-15(19-11(2)26-32-22(19)23-16)21(28)25-24-20(27)13-4-5-17-18(7-13)30-9-29-17/h4-8H,9H2,1-3H3,(H,24,27)(H,25,28). The predicted octanol–water partition coefficient (Wildman–Crippen LogP) is 3.21. The molecule has 0 spiro atoms. The highest BCUT2D eigenvalue weighted by atomic mass is 16.7. The molecule has 0 saturated heterocycles. The van der Waals surface area contributed by atoms with Crippen LogP contribution in [0.3, 0.4) is 0 Å². The lowest BCUT2D eigenvalue weighted by Crippen LogP contribution is -2.41. The van der Waals surface area contributed by atoms with Crippen LogP contribution in [0.1, 0.15) is 37.9 Å². The van der Waals surface area contributed by atoms with Crippen molar-refractivity contribution in [1.29, 1.82) is 0 Å². The summed E-state index contributed by atoms with van der Waals surface area (Å²) in [4.78, 5) is 30.0. The lowest BCUT2D eigenvalue weighted by atomic mass is 10.1. The molecule has 0 atom stereocenters. The Balaban J connectivity index is 1.43. The maximum absolute atomic E-state index is 13.0. The molecule has 4 aromatic rings. The molecule has 0 unspecified atom stereocenters. The molecule has 0 saturated carbocycles. The summed E-state index contributed by atoms with van der Waals surface area (Å²) in [7, 11) is 0. The van der Waals surface area contributed by atoms with Crippen LogP contribution in [0.4, 0.5) is 0 Å². The van der Waals surface area contributed by atoms with Gasteiger partial charge in [0.2, 0.25) is 6.79 Å². The SMILES string of the molecule is Cc1cc(-c2cc(C(=O)NNC(=O)c3ccc4c(c3)OCO4)c3c(C)noc3n2)c(C)o1. The van der Waals surface area contributed by atoms with Crippen LogP contribution in [0.25, 0.3) is 22.4 Å². The van der Waals surface area contributed by atoms with Crippen molar-refractivity contribution in [3.8, 4) is 22.8 Å². The smallest absolute Gasteiger partial charge is 0.270 e. The van der Waals surface area contributed by atoms with Crippen LogP contribution < -0.4 is 20.3 Å². The third-order valence-electron chi connectivity index (χ3n) is 5.10. The lowest BCUT2D eigenvalue weighted by molar-refractivity contribution is 0.0847. The number of nitrogens with one attached hydrogen (secondary N) is 2. The van der Waals surface area contributed by atoms with Crippen molar-refractivity contribution in [1.82, 2.24) is 21.0 Å². The molecule has 162 valence electrons. The zero-order chi connectivity index (χ0) is 22.4. The number of furan rings is 1. The van der Waals surface area contributed by atoms with Gasteiger partial charge in [-0.15, -0.1) is 0 Å². The first-order chi connectivity index (χ1) is 15.4. The topological polar surface area (TPSA) is 129 Å². The molecule has 2 N–H and O–H groups in total. The predicted molar refractivity (Wildman–Crippen MR) is 111 cm³/mol.